The van der Waals surface area contributed by atoms with Crippen LogP contribution in [-0.4, -0.2) is 11.1 Å². The second-order valence-corrected chi connectivity index (χ2v) is 3.73. The van der Waals surface area contributed by atoms with Crippen LogP contribution in [0.3, 0.4) is 0 Å². The first kappa shape index (κ1) is 12.0. The van der Waals surface area contributed by atoms with Gasteiger partial charge in [0.15, 0.2) is 0 Å². The summed E-state index contributed by atoms with van der Waals surface area (Å²) in [6.07, 6.45) is 1.28. The average molecular weight is 249 g/mol. The molecule has 0 amide bonds. The van der Waals surface area contributed by atoms with Gasteiger partial charge in [0.05, 0.1) is 5.02 Å². The minimum atomic E-state index is -1.08. The van der Waals surface area contributed by atoms with Crippen LogP contribution in [0.2, 0.25) is 10.0 Å². The average Bonchev–Trinajstić information content (AvgIpc) is 2.13. The molecule has 1 N–H and O–H groups in total. The molecule has 0 saturated heterocycles. The van der Waals surface area contributed by atoms with Crippen molar-refractivity contribution in [3.05, 3.63) is 39.1 Å². The van der Waals surface area contributed by atoms with Crippen LogP contribution in [-0.2, 0) is 4.79 Å². The Hall–Kier alpha value is -1.06. The molecule has 0 fully saturated rings. The van der Waals surface area contributed by atoms with Gasteiger partial charge in [-0.15, -0.1) is 0 Å². The number of benzene rings is 1. The Labute approximate surface area is 95.9 Å². The quantitative estimate of drug-likeness (QED) is 0.642. The predicted octanol–water partition coefficient (Wildman–Crippen LogP) is 3.62. The first-order valence-electron chi connectivity index (χ1n) is 3.98. The Balaban J connectivity index is 3.22. The van der Waals surface area contributed by atoms with Crippen LogP contribution < -0.4 is 0 Å². The first-order valence-corrected chi connectivity index (χ1v) is 4.73. The van der Waals surface area contributed by atoms with Gasteiger partial charge in [-0.1, -0.05) is 23.2 Å². The third-order valence-corrected chi connectivity index (χ3v) is 2.37. The largest absolute Gasteiger partial charge is 0.478 e. The fourth-order valence-corrected chi connectivity index (χ4v) is 1.38. The number of hydrogen-bond acceptors (Lipinski definition) is 1. The summed E-state index contributed by atoms with van der Waals surface area (Å²) in [4.78, 5) is 10.5. The molecular formula is C10H7Cl2FO2. The fraction of sp³-hybridized carbons (Fsp3) is 0.100. The smallest absolute Gasteiger partial charge is 0.331 e. The van der Waals surface area contributed by atoms with E-state index >= 15 is 0 Å². The zero-order chi connectivity index (χ0) is 11.6. The molecule has 2 nitrogen and oxygen atoms in total. The maximum atomic E-state index is 13.0. The van der Waals surface area contributed by atoms with Gasteiger partial charge in [0.25, 0.3) is 0 Å². The Bertz CT molecular complexity index is 441. The fourth-order valence-electron chi connectivity index (χ4n) is 0.944. The molecular weight excluding hydrogens is 242 g/mol. The summed E-state index contributed by atoms with van der Waals surface area (Å²) in [7, 11) is 0. The van der Waals surface area contributed by atoms with Crippen molar-refractivity contribution >= 4 is 35.2 Å². The molecule has 0 saturated carbocycles. The summed E-state index contributed by atoms with van der Waals surface area (Å²) in [6.45, 7) is 1.39. The van der Waals surface area contributed by atoms with E-state index in [1.807, 2.05) is 0 Å². The van der Waals surface area contributed by atoms with Crippen LogP contribution in [0, 0.1) is 5.82 Å². The van der Waals surface area contributed by atoms with Crippen LogP contribution in [0.15, 0.2) is 17.7 Å². The number of aliphatic carboxylic acids is 1. The highest BCUT2D eigenvalue weighted by Gasteiger charge is 2.07. The lowest BCUT2D eigenvalue weighted by atomic mass is 10.1. The van der Waals surface area contributed by atoms with E-state index in [-0.39, 0.29) is 15.6 Å². The number of rotatable bonds is 2. The molecule has 5 heteroatoms. The van der Waals surface area contributed by atoms with Crippen LogP contribution in [0.25, 0.3) is 6.08 Å². The van der Waals surface area contributed by atoms with Crippen molar-refractivity contribution < 1.29 is 14.3 Å². The molecule has 0 bridgehead atoms. The van der Waals surface area contributed by atoms with Crippen molar-refractivity contribution in [2.75, 3.05) is 0 Å². The molecule has 1 rings (SSSR count). The van der Waals surface area contributed by atoms with Crippen molar-refractivity contribution in [2.45, 2.75) is 6.92 Å². The lowest BCUT2D eigenvalue weighted by Crippen LogP contribution is -1.95. The summed E-state index contributed by atoms with van der Waals surface area (Å²) in [6, 6.07) is 2.33. The molecule has 0 unspecified atom stereocenters. The lowest BCUT2D eigenvalue weighted by molar-refractivity contribution is -0.132. The monoisotopic (exact) mass is 248 g/mol. The Morgan fingerprint density at radius 3 is 2.53 bits per heavy atom. The van der Waals surface area contributed by atoms with E-state index in [0.29, 0.717) is 5.56 Å². The summed E-state index contributed by atoms with van der Waals surface area (Å²) < 4.78 is 13.0. The third-order valence-electron chi connectivity index (χ3n) is 1.75. The van der Waals surface area contributed by atoms with E-state index in [1.54, 1.807) is 0 Å². The molecule has 1 aromatic rings. The van der Waals surface area contributed by atoms with E-state index in [2.05, 4.69) is 0 Å². The summed E-state index contributed by atoms with van der Waals surface area (Å²) in [5, 5.41) is 8.74. The Morgan fingerprint density at radius 1 is 1.40 bits per heavy atom. The summed E-state index contributed by atoms with van der Waals surface area (Å²) in [5.74, 6) is -1.72. The van der Waals surface area contributed by atoms with Gasteiger partial charge in [-0.25, -0.2) is 9.18 Å². The van der Waals surface area contributed by atoms with Crippen molar-refractivity contribution in [3.8, 4) is 0 Å². The normalized spacial score (nSPS) is 11.6. The van der Waals surface area contributed by atoms with Gasteiger partial charge in [-0.2, -0.15) is 0 Å². The van der Waals surface area contributed by atoms with Crippen molar-refractivity contribution in [1.29, 1.82) is 0 Å². The minimum absolute atomic E-state index is 0.0682. The number of carboxylic acid groups (broad SMARTS) is 1. The van der Waals surface area contributed by atoms with Crippen LogP contribution in [0.5, 0.6) is 0 Å². The number of hydrogen-bond donors (Lipinski definition) is 1. The van der Waals surface area contributed by atoms with E-state index in [1.165, 1.54) is 19.1 Å². The minimum Gasteiger partial charge on any atom is -0.478 e. The molecule has 0 heterocycles. The molecule has 0 aliphatic heterocycles. The molecule has 80 valence electrons. The van der Waals surface area contributed by atoms with E-state index < -0.39 is 11.8 Å². The Kier molecular flexibility index (Phi) is 3.72. The molecule has 15 heavy (non-hydrogen) atoms. The zero-order valence-corrected chi connectivity index (χ0v) is 9.23. The second kappa shape index (κ2) is 4.64. The number of carbonyl (C=O) groups is 1. The zero-order valence-electron chi connectivity index (χ0n) is 7.72. The van der Waals surface area contributed by atoms with Gasteiger partial charge in [0.2, 0.25) is 0 Å². The highest BCUT2D eigenvalue weighted by Crippen LogP contribution is 2.25. The topological polar surface area (TPSA) is 37.3 Å². The molecule has 0 atom stereocenters. The van der Waals surface area contributed by atoms with Gasteiger partial charge in [0.1, 0.15) is 5.82 Å². The van der Waals surface area contributed by atoms with Crippen LogP contribution >= 0.6 is 23.2 Å². The van der Waals surface area contributed by atoms with Gasteiger partial charge < -0.3 is 5.11 Å². The number of carboxylic acids is 1. The summed E-state index contributed by atoms with van der Waals surface area (Å²) in [5.41, 5.74) is 0.358. The maximum Gasteiger partial charge on any atom is 0.331 e. The summed E-state index contributed by atoms with van der Waals surface area (Å²) >= 11 is 11.3. The van der Waals surface area contributed by atoms with Gasteiger partial charge in [-0.05, 0) is 30.7 Å². The molecule has 0 aliphatic rings. The van der Waals surface area contributed by atoms with Gasteiger partial charge in [0, 0.05) is 10.6 Å². The van der Waals surface area contributed by atoms with Gasteiger partial charge in [-0.3, -0.25) is 0 Å². The molecule has 0 spiro atoms. The predicted molar refractivity (Wildman–Crippen MR) is 57.7 cm³/mol. The van der Waals surface area contributed by atoms with Crippen molar-refractivity contribution in [2.24, 2.45) is 0 Å². The molecule has 1 aromatic carbocycles. The molecule has 0 aromatic heterocycles. The van der Waals surface area contributed by atoms with Crippen molar-refractivity contribution in [3.63, 3.8) is 0 Å². The number of halogens is 3. The first-order chi connectivity index (χ1) is 6.91. The van der Waals surface area contributed by atoms with Crippen molar-refractivity contribution in [1.82, 2.24) is 0 Å². The highest BCUT2D eigenvalue weighted by molar-refractivity contribution is 6.35. The van der Waals surface area contributed by atoms with E-state index in [4.69, 9.17) is 28.3 Å². The highest BCUT2D eigenvalue weighted by atomic mass is 35.5. The lowest BCUT2D eigenvalue weighted by Gasteiger charge is -2.01. The standard InChI is InChI=1S/C10H7Cl2FO2/c1-5(10(14)15)2-6-3-9(13)8(12)4-7(6)11/h2-4H,1H3,(H,14,15)/b5-2+. The Morgan fingerprint density at radius 2 is 2.00 bits per heavy atom. The second-order valence-electron chi connectivity index (χ2n) is 2.92. The maximum absolute atomic E-state index is 13.0. The van der Waals surface area contributed by atoms with Gasteiger partial charge >= 0.3 is 5.97 Å². The van der Waals surface area contributed by atoms with Crippen LogP contribution in [0.4, 0.5) is 4.39 Å². The van der Waals surface area contributed by atoms with E-state index in [9.17, 15) is 9.18 Å². The van der Waals surface area contributed by atoms with Crippen LogP contribution in [0.1, 0.15) is 12.5 Å². The molecule has 0 aliphatic carbocycles. The molecule has 0 radical (unpaired) electrons. The van der Waals surface area contributed by atoms with E-state index in [0.717, 1.165) is 6.07 Å². The third kappa shape index (κ3) is 2.94. The SMILES string of the molecule is C/C(=C\c1cc(F)c(Cl)cc1Cl)C(=O)O.